The van der Waals surface area contributed by atoms with Crippen LogP contribution < -0.4 is 9.64 Å². The van der Waals surface area contributed by atoms with E-state index >= 15 is 0 Å². The highest BCUT2D eigenvalue weighted by Crippen LogP contribution is 2.20. The number of hydrogen-bond acceptors (Lipinski definition) is 2. The Kier molecular flexibility index (Phi) is 4.89. The monoisotopic (exact) mass is 283 g/mol. The van der Waals surface area contributed by atoms with Gasteiger partial charge in [0, 0.05) is 12.7 Å². The minimum absolute atomic E-state index is 0.313. The zero-order valence-corrected chi connectivity index (χ0v) is 13.7. The molecule has 0 N–H and O–H groups in total. The van der Waals surface area contributed by atoms with Crippen LogP contribution in [0.2, 0.25) is 0 Å². The largest absolute Gasteiger partial charge is 0.491 e. The number of rotatable bonds is 5. The van der Waals surface area contributed by atoms with Gasteiger partial charge in [0.05, 0.1) is 6.04 Å². The first kappa shape index (κ1) is 15.4. The molecule has 2 rings (SSSR count). The Balaban J connectivity index is 1.97. The average Bonchev–Trinajstić information content (AvgIpc) is 2.48. The molecule has 0 aliphatic carbocycles. The number of likely N-dealkylation sites (N-methyl/N-ethyl adjacent to an activating group) is 1. The maximum atomic E-state index is 5.88. The first-order chi connectivity index (χ1) is 9.97. The summed E-state index contributed by atoms with van der Waals surface area (Å²) in [6.07, 6.45) is 0. The third kappa shape index (κ3) is 4.01. The Morgan fingerprint density at radius 1 is 0.952 bits per heavy atom. The second-order valence-electron chi connectivity index (χ2n) is 5.85. The topological polar surface area (TPSA) is 12.5 Å². The molecule has 2 aromatic carbocycles. The summed E-state index contributed by atoms with van der Waals surface area (Å²) < 4.78 is 5.88. The molecule has 2 nitrogen and oxygen atoms in total. The van der Waals surface area contributed by atoms with Crippen LogP contribution in [0, 0.1) is 20.8 Å². The van der Waals surface area contributed by atoms with Crippen LogP contribution >= 0.6 is 0 Å². The maximum Gasteiger partial charge on any atom is 0.119 e. The second kappa shape index (κ2) is 6.66. The predicted molar refractivity (Wildman–Crippen MR) is 90.5 cm³/mol. The summed E-state index contributed by atoms with van der Waals surface area (Å²) in [4.78, 5) is 2.26. The van der Waals surface area contributed by atoms with Crippen LogP contribution in [0.3, 0.4) is 0 Å². The molecule has 1 atom stereocenters. The van der Waals surface area contributed by atoms with Crippen LogP contribution in [0.4, 0.5) is 5.69 Å². The Morgan fingerprint density at radius 3 is 2.24 bits per heavy atom. The van der Waals surface area contributed by atoms with Crippen molar-refractivity contribution in [2.75, 3.05) is 18.6 Å². The van der Waals surface area contributed by atoms with Crippen molar-refractivity contribution in [1.82, 2.24) is 0 Å². The van der Waals surface area contributed by atoms with Crippen LogP contribution in [0.25, 0.3) is 0 Å². The highest BCUT2D eigenvalue weighted by Gasteiger charge is 2.11. The molecule has 0 amide bonds. The molecule has 0 spiro atoms. The fourth-order valence-corrected chi connectivity index (χ4v) is 2.16. The highest BCUT2D eigenvalue weighted by atomic mass is 16.5. The van der Waals surface area contributed by atoms with E-state index in [-0.39, 0.29) is 0 Å². The molecular formula is C19H25NO. The second-order valence-corrected chi connectivity index (χ2v) is 5.85. The van der Waals surface area contributed by atoms with Crippen molar-refractivity contribution in [3.8, 4) is 5.75 Å². The van der Waals surface area contributed by atoms with Gasteiger partial charge in [-0.05, 0) is 63.1 Å². The standard InChI is InChI=1S/C19H25NO/c1-14-6-10-19(11-7-14)21-13-17(4)20(5)18-9-8-15(2)16(3)12-18/h6-12,17H,13H2,1-5H3. The van der Waals surface area contributed by atoms with E-state index in [1.807, 2.05) is 12.1 Å². The number of benzene rings is 2. The van der Waals surface area contributed by atoms with Gasteiger partial charge in [0.2, 0.25) is 0 Å². The molecule has 112 valence electrons. The Bertz CT molecular complexity index is 589. The first-order valence-corrected chi connectivity index (χ1v) is 7.47. The summed E-state index contributed by atoms with van der Waals surface area (Å²) in [6, 6.07) is 15.1. The highest BCUT2D eigenvalue weighted by molar-refractivity contribution is 5.50. The molecule has 0 aliphatic rings. The quantitative estimate of drug-likeness (QED) is 0.800. The molecule has 0 aromatic heterocycles. The number of ether oxygens (including phenoxy) is 1. The van der Waals surface area contributed by atoms with Gasteiger partial charge in [0.15, 0.2) is 0 Å². The fraction of sp³-hybridized carbons (Fsp3) is 0.368. The van der Waals surface area contributed by atoms with Crippen LogP contribution in [0.1, 0.15) is 23.6 Å². The number of anilines is 1. The van der Waals surface area contributed by atoms with E-state index in [0.717, 1.165) is 5.75 Å². The van der Waals surface area contributed by atoms with E-state index in [0.29, 0.717) is 12.6 Å². The molecule has 0 fully saturated rings. The van der Waals surface area contributed by atoms with Gasteiger partial charge in [-0.1, -0.05) is 23.8 Å². The SMILES string of the molecule is Cc1ccc(OCC(C)N(C)c2ccc(C)c(C)c2)cc1. The minimum atomic E-state index is 0.313. The van der Waals surface area contributed by atoms with Crippen LogP contribution in [-0.2, 0) is 0 Å². The molecule has 0 saturated carbocycles. The molecule has 2 aromatic rings. The van der Waals surface area contributed by atoms with Crippen molar-refractivity contribution in [3.63, 3.8) is 0 Å². The van der Waals surface area contributed by atoms with Crippen molar-refractivity contribution in [2.45, 2.75) is 33.7 Å². The Hall–Kier alpha value is -1.96. The Labute approximate surface area is 128 Å². The van der Waals surface area contributed by atoms with Crippen molar-refractivity contribution >= 4 is 5.69 Å². The summed E-state index contributed by atoms with van der Waals surface area (Å²) in [5, 5.41) is 0. The summed E-state index contributed by atoms with van der Waals surface area (Å²) in [7, 11) is 2.12. The van der Waals surface area contributed by atoms with Crippen molar-refractivity contribution < 1.29 is 4.74 Å². The smallest absolute Gasteiger partial charge is 0.119 e. The van der Waals surface area contributed by atoms with Crippen LogP contribution in [0.15, 0.2) is 42.5 Å². The third-order valence-corrected chi connectivity index (χ3v) is 4.07. The fourth-order valence-electron chi connectivity index (χ4n) is 2.16. The van der Waals surface area contributed by atoms with Gasteiger partial charge >= 0.3 is 0 Å². The third-order valence-electron chi connectivity index (χ3n) is 4.07. The molecule has 2 heteroatoms. The lowest BCUT2D eigenvalue weighted by Crippen LogP contribution is -2.34. The summed E-state index contributed by atoms with van der Waals surface area (Å²) >= 11 is 0. The lowest BCUT2D eigenvalue weighted by atomic mass is 10.1. The number of hydrogen-bond donors (Lipinski definition) is 0. The Morgan fingerprint density at radius 2 is 1.62 bits per heavy atom. The van der Waals surface area contributed by atoms with E-state index < -0.39 is 0 Å². The summed E-state index contributed by atoms with van der Waals surface area (Å²) in [5.41, 5.74) is 5.14. The number of aryl methyl sites for hydroxylation is 3. The average molecular weight is 283 g/mol. The molecule has 0 saturated heterocycles. The lowest BCUT2D eigenvalue weighted by molar-refractivity contribution is 0.292. The molecule has 1 unspecified atom stereocenters. The predicted octanol–water partition coefficient (Wildman–Crippen LogP) is 4.52. The van der Waals surface area contributed by atoms with Crippen molar-refractivity contribution in [1.29, 1.82) is 0 Å². The molecule has 0 radical (unpaired) electrons. The zero-order chi connectivity index (χ0) is 15.4. The van der Waals surface area contributed by atoms with Gasteiger partial charge in [-0.2, -0.15) is 0 Å². The molecular weight excluding hydrogens is 258 g/mol. The van der Waals surface area contributed by atoms with Gasteiger partial charge in [-0.15, -0.1) is 0 Å². The molecule has 0 aliphatic heterocycles. The van der Waals surface area contributed by atoms with Gasteiger partial charge in [-0.25, -0.2) is 0 Å². The lowest BCUT2D eigenvalue weighted by Gasteiger charge is -2.27. The van der Waals surface area contributed by atoms with E-state index in [2.05, 4.69) is 70.0 Å². The summed E-state index contributed by atoms with van der Waals surface area (Å²) in [6.45, 7) is 9.24. The zero-order valence-electron chi connectivity index (χ0n) is 13.7. The van der Waals surface area contributed by atoms with Crippen molar-refractivity contribution in [3.05, 3.63) is 59.2 Å². The van der Waals surface area contributed by atoms with Gasteiger partial charge in [0.1, 0.15) is 12.4 Å². The van der Waals surface area contributed by atoms with E-state index in [9.17, 15) is 0 Å². The molecule has 0 bridgehead atoms. The van der Waals surface area contributed by atoms with E-state index in [4.69, 9.17) is 4.74 Å². The normalized spacial score (nSPS) is 12.0. The number of nitrogens with zero attached hydrogens (tertiary/aromatic N) is 1. The van der Waals surface area contributed by atoms with Crippen LogP contribution in [-0.4, -0.2) is 19.7 Å². The summed E-state index contributed by atoms with van der Waals surface area (Å²) in [5.74, 6) is 0.931. The van der Waals surface area contributed by atoms with E-state index in [1.54, 1.807) is 0 Å². The van der Waals surface area contributed by atoms with Crippen LogP contribution in [0.5, 0.6) is 5.75 Å². The molecule has 0 heterocycles. The van der Waals surface area contributed by atoms with Gasteiger partial charge < -0.3 is 9.64 Å². The van der Waals surface area contributed by atoms with Gasteiger partial charge in [0.25, 0.3) is 0 Å². The molecule has 21 heavy (non-hydrogen) atoms. The van der Waals surface area contributed by atoms with Gasteiger partial charge in [-0.3, -0.25) is 0 Å². The van der Waals surface area contributed by atoms with E-state index in [1.165, 1.54) is 22.4 Å². The maximum absolute atomic E-state index is 5.88. The first-order valence-electron chi connectivity index (χ1n) is 7.47. The van der Waals surface area contributed by atoms with Crippen molar-refractivity contribution in [2.24, 2.45) is 0 Å². The minimum Gasteiger partial charge on any atom is -0.491 e.